The summed E-state index contributed by atoms with van der Waals surface area (Å²) in [5, 5.41) is 10.8. The molecule has 2 aromatic rings. The van der Waals surface area contributed by atoms with Crippen LogP contribution in [0.2, 0.25) is 20.4 Å². The van der Waals surface area contributed by atoms with Gasteiger partial charge in [0.2, 0.25) is 0 Å². The summed E-state index contributed by atoms with van der Waals surface area (Å²) in [6, 6.07) is 3.36. The number of halogens is 5. The minimum Gasteiger partial charge on any atom is -0.392 e. The summed E-state index contributed by atoms with van der Waals surface area (Å²) in [6.45, 7) is -0.0656. The van der Waals surface area contributed by atoms with Gasteiger partial charge in [0.15, 0.2) is 0 Å². The van der Waals surface area contributed by atoms with Crippen LogP contribution in [0.4, 0.5) is 0 Å². The predicted octanol–water partition coefficient (Wildman–Crippen LogP) is 5.16. The third kappa shape index (κ3) is 5.72. The van der Waals surface area contributed by atoms with Crippen LogP contribution >= 0.6 is 62.3 Å². The summed E-state index contributed by atoms with van der Waals surface area (Å²) in [5.41, 5.74) is 1.68. The second kappa shape index (κ2) is 9.03. The van der Waals surface area contributed by atoms with Gasteiger partial charge in [-0.15, -0.1) is 0 Å². The van der Waals surface area contributed by atoms with E-state index in [2.05, 4.69) is 25.9 Å². The van der Waals surface area contributed by atoms with Crippen LogP contribution in [0.5, 0.6) is 0 Å². The molecule has 1 N–H and O–H groups in total. The van der Waals surface area contributed by atoms with Crippen LogP contribution in [0.25, 0.3) is 0 Å². The van der Waals surface area contributed by atoms with Crippen molar-refractivity contribution in [3.05, 3.63) is 56.0 Å². The SMILES string of the molecule is Clc1cc(CBr)cnc1Cl.OCc1cnc(Cl)c(Cl)c1. The van der Waals surface area contributed by atoms with Gasteiger partial charge in [-0.05, 0) is 23.3 Å². The van der Waals surface area contributed by atoms with Gasteiger partial charge in [0.1, 0.15) is 10.3 Å². The predicted molar refractivity (Wildman–Crippen MR) is 87.1 cm³/mol. The number of aromatic nitrogens is 2. The molecule has 0 fully saturated rings. The van der Waals surface area contributed by atoms with Gasteiger partial charge in [-0.1, -0.05) is 62.3 Å². The van der Waals surface area contributed by atoms with Gasteiger partial charge >= 0.3 is 0 Å². The number of aliphatic hydroxyl groups is 1. The average molecular weight is 419 g/mol. The monoisotopic (exact) mass is 416 g/mol. The summed E-state index contributed by atoms with van der Waals surface area (Å²) in [5.74, 6) is 0. The Kier molecular flexibility index (Phi) is 8.10. The first-order valence-electron chi connectivity index (χ1n) is 5.24. The highest BCUT2D eigenvalue weighted by Gasteiger charge is 1.99. The Morgan fingerprint density at radius 1 is 0.900 bits per heavy atom. The maximum absolute atomic E-state index is 8.61. The van der Waals surface area contributed by atoms with Crippen molar-refractivity contribution in [3.8, 4) is 0 Å². The molecule has 0 aliphatic carbocycles. The van der Waals surface area contributed by atoms with E-state index in [9.17, 15) is 0 Å². The summed E-state index contributed by atoms with van der Waals surface area (Å²) >= 11 is 25.6. The lowest BCUT2D eigenvalue weighted by molar-refractivity contribution is 0.281. The van der Waals surface area contributed by atoms with E-state index in [0.717, 1.165) is 10.9 Å². The number of rotatable bonds is 2. The zero-order valence-corrected chi connectivity index (χ0v) is 14.6. The van der Waals surface area contributed by atoms with E-state index in [0.29, 0.717) is 20.8 Å². The number of alkyl halides is 1. The van der Waals surface area contributed by atoms with E-state index in [1.165, 1.54) is 6.20 Å². The molecule has 0 unspecified atom stereocenters. The number of nitrogens with zero attached hydrogens (tertiary/aromatic N) is 2. The van der Waals surface area contributed by atoms with E-state index in [1.54, 1.807) is 18.3 Å². The van der Waals surface area contributed by atoms with Crippen LogP contribution in [0.15, 0.2) is 24.5 Å². The van der Waals surface area contributed by atoms with Crippen molar-refractivity contribution >= 4 is 62.3 Å². The smallest absolute Gasteiger partial charge is 0.147 e. The summed E-state index contributed by atoms with van der Waals surface area (Å²) in [7, 11) is 0. The Morgan fingerprint density at radius 3 is 1.75 bits per heavy atom. The summed E-state index contributed by atoms with van der Waals surface area (Å²) < 4.78 is 0. The van der Waals surface area contributed by atoms with E-state index in [4.69, 9.17) is 51.5 Å². The van der Waals surface area contributed by atoms with Gasteiger partial charge in [-0.25, -0.2) is 9.97 Å². The molecule has 0 bridgehead atoms. The van der Waals surface area contributed by atoms with E-state index in [1.807, 2.05) is 0 Å². The molecule has 20 heavy (non-hydrogen) atoms. The summed E-state index contributed by atoms with van der Waals surface area (Å²) in [6.07, 6.45) is 3.16. The lowest BCUT2D eigenvalue weighted by Gasteiger charge is -1.96. The molecular weight excluding hydrogens is 410 g/mol. The zero-order valence-electron chi connectivity index (χ0n) is 9.96. The maximum Gasteiger partial charge on any atom is 0.147 e. The molecule has 0 saturated carbocycles. The van der Waals surface area contributed by atoms with Crippen LogP contribution in [0.1, 0.15) is 11.1 Å². The van der Waals surface area contributed by atoms with Crippen molar-refractivity contribution in [2.75, 3.05) is 0 Å². The van der Waals surface area contributed by atoms with Crippen LogP contribution in [-0.2, 0) is 11.9 Å². The molecular formula is C12H9BrCl4N2O. The van der Waals surface area contributed by atoms with Crippen LogP contribution in [0.3, 0.4) is 0 Å². The second-order valence-corrected chi connectivity index (χ2v) is 5.62. The molecule has 108 valence electrons. The second-order valence-electron chi connectivity index (χ2n) is 3.52. The minimum absolute atomic E-state index is 0.0656. The van der Waals surface area contributed by atoms with Gasteiger partial charge < -0.3 is 5.11 Å². The molecule has 3 nitrogen and oxygen atoms in total. The molecule has 8 heteroatoms. The minimum atomic E-state index is -0.0656. The van der Waals surface area contributed by atoms with Crippen LogP contribution < -0.4 is 0 Å². The topological polar surface area (TPSA) is 46.0 Å². The highest BCUT2D eigenvalue weighted by atomic mass is 79.9. The number of hydrogen-bond acceptors (Lipinski definition) is 3. The normalized spacial score (nSPS) is 9.90. The molecule has 0 aliphatic rings. The van der Waals surface area contributed by atoms with E-state index in [-0.39, 0.29) is 11.8 Å². The van der Waals surface area contributed by atoms with E-state index >= 15 is 0 Å². The molecule has 0 spiro atoms. The van der Waals surface area contributed by atoms with Crippen molar-refractivity contribution in [2.24, 2.45) is 0 Å². The molecule has 0 amide bonds. The first-order valence-corrected chi connectivity index (χ1v) is 7.88. The number of hydrogen-bond donors (Lipinski definition) is 1. The third-order valence-corrected chi connectivity index (χ3v) is 4.06. The van der Waals surface area contributed by atoms with Gasteiger partial charge in [0.05, 0.1) is 16.7 Å². The number of aliphatic hydroxyl groups excluding tert-OH is 1. The van der Waals surface area contributed by atoms with Crippen LogP contribution in [0, 0.1) is 0 Å². The Morgan fingerprint density at radius 2 is 1.35 bits per heavy atom. The Bertz CT molecular complexity index is 532. The fourth-order valence-corrected chi connectivity index (χ4v) is 1.97. The lowest BCUT2D eigenvalue weighted by Crippen LogP contribution is -1.85. The molecule has 2 aromatic heterocycles. The first kappa shape index (κ1) is 18.0. The lowest BCUT2D eigenvalue weighted by atomic mass is 10.3. The quantitative estimate of drug-likeness (QED) is 0.541. The Balaban J connectivity index is 0.000000200. The van der Waals surface area contributed by atoms with Gasteiger partial charge in [-0.2, -0.15) is 0 Å². The molecule has 0 radical (unpaired) electrons. The highest BCUT2D eigenvalue weighted by molar-refractivity contribution is 9.08. The maximum atomic E-state index is 8.61. The van der Waals surface area contributed by atoms with Gasteiger partial charge in [0, 0.05) is 17.7 Å². The zero-order chi connectivity index (χ0) is 15.1. The molecule has 2 heterocycles. The van der Waals surface area contributed by atoms with Crippen LogP contribution in [-0.4, -0.2) is 15.1 Å². The fourth-order valence-electron chi connectivity index (χ4n) is 1.08. The van der Waals surface area contributed by atoms with Crippen molar-refractivity contribution in [3.63, 3.8) is 0 Å². The largest absolute Gasteiger partial charge is 0.392 e. The highest BCUT2D eigenvalue weighted by Crippen LogP contribution is 2.20. The Hall–Kier alpha value is -0.100. The standard InChI is InChI=1S/C6H4BrCl2N.C6H5Cl2NO/c7-2-4-1-5(8)6(9)10-3-4;7-5-1-4(3-10)2-9-6(5)8/h1,3H,2H2;1-2,10H,3H2. The Labute approximate surface area is 145 Å². The third-order valence-electron chi connectivity index (χ3n) is 2.04. The molecule has 0 aromatic carbocycles. The van der Waals surface area contributed by atoms with Crippen molar-refractivity contribution in [1.29, 1.82) is 0 Å². The van der Waals surface area contributed by atoms with Gasteiger partial charge in [-0.3, -0.25) is 0 Å². The molecule has 0 saturated heterocycles. The molecule has 0 atom stereocenters. The fraction of sp³-hybridized carbons (Fsp3) is 0.167. The summed E-state index contributed by atoms with van der Waals surface area (Å²) in [4.78, 5) is 7.58. The first-order chi connectivity index (χ1) is 9.47. The van der Waals surface area contributed by atoms with Gasteiger partial charge in [0.25, 0.3) is 0 Å². The van der Waals surface area contributed by atoms with Crippen molar-refractivity contribution in [1.82, 2.24) is 9.97 Å². The molecule has 0 aliphatic heterocycles. The average Bonchev–Trinajstić information content (AvgIpc) is 2.45. The van der Waals surface area contributed by atoms with Crippen molar-refractivity contribution in [2.45, 2.75) is 11.9 Å². The molecule has 2 rings (SSSR count). The number of pyridine rings is 2. The van der Waals surface area contributed by atoms with E-state index < -0.39 is 0 Å². The van der Waals surface area contributed by atoms with Crippen molar-refractivity contribution < 1.29 is 5.11 Å².